The number of nitrogens with one attached hydrogen (secondary N) is 1. The molecule has 2 aromatic carbocycles. The molecule has 2 heterocycles. The van der Waals surface area contributed by atoms with Crippen LogP contribution in [0.4, 0.5) is 4.79 Å². The smallest absolute Gasteiger partial charge is 0.407 e. The molecule has 2 amide bonds. The molecule has 1 atom stereocenters. The number of hydrogen-bond acceptors (Lipinski definition) is 4. The SMILES string of the molecule is CC(CCC(=O)N1CC2CC1(C(=O)O)C2)CNC(=O)OCC1c2ccccc2-c2ccccc21. The van der Waals surface area contributed by atoms with Crippen LogP contribution in [0.5, 0.6) is 0 Å². The van der Waals surface area contributed by atoms with E-state index in [0.29, 0.717) is 38.3 Å². The number of carbonyl (C=O) groups excluding carboxylic acids is 2. The maximum atomic E-state index is 12.6. The second-order valence-electron chi connectivity index (χ2n) is 9.97. The first-order valence-corrected chi connectivity index (χ1v) is 12.0. The summed E-state index contributed by atoms with van der Waals surface area (Å²) in [5, 5.41) is 12.3. The zero-order valence-corrected chi connectivity index (χ0v) is 19.3. The second-order valence-corrected chi connectivity index (χ2v) is 9.97. The summed E-state index contributed by atoms with van der Waals surface area (Å²) in [7, 11) is 0. The van der Waals surface area contributed by atoms with Crippen LogP contribution >= 0.6 is 0 Å². The van der Waals surface area contributed by atoms with Crippen molar-refractivity contribution in [2.75, 3.05) is 19.7 Å². The average Bonchev–Trinajstić information content (AvgIpc) is 3.48. The molecule has 2 aliphatic carbocycles. The Kier molecular flexibility index (Phi) is 5.80. The first kappa shape index (κ1) is 22.4. The van der Waals surface area contributed by atoms with Crippen LogP contribution in [-0.2, 0) is 14.3 Å². The van der Waals surface area contributed by atoms with Gasteiger partial charge in [0.15, 0.2) is 0 Å². The topological polar surface area (TPSA) is 95.9 Å². The van der Waals surface area contributed by atoms with E-state index in [1.165, 1.54) is 22.3 Å². The number of carboxylic acid groups (broad SMARTS) is 1. The molecule has 2 aromatic rings. The summed E-state index contributed by atoms with van der Waals surface area (Å²) in [4.78, 5) is 38.2. The monoisotopic (exact) mass is 462 g/mol. The summed E-state index contributed by atoms with van der Waals surface area (Å²) in [5.41, 5.74) is 3.74. The summed E-state index contributed by atoms with van der Waals surface area (Å²) in [6, 6.07) is 16.4. The number of ether oxygens (including phenoxy) is 1. The maximum Gasteiger partial charge on any atom is 0.407 e. The van der Waals surface area contributed by atoms with Crippen LogP contribution in [-0.4, -0.2) is 53.2 Å². The molecule has 2 bridgehead atoms. The fourth-order valence-electron chi connectivity index (χ4n) is 5.82. The van der Waals surface area contributed by atoms with Crippen molar-refractivity contribution < 1.29 is 24.2 Å². The molecule has 1 unspecified atom stereocenters. The highest BCUT2D eigenvalue weighted by Gasteiger charge is 2.62. The summed E-state index contributed by atoms with van der Waals surface area (Å²) >= 11 is 0. The molecular formula is C27H30N2O5. The number of carboxylic acids is 1. The third-order valence-corrected chi connectivity index (χ3v) is 7.70. The van der Waals surface area contributed by atoms with Crippen molar-refractivity contribution in [3.8, 4) is 11.1 Å². The molecule has 2 aliphatic heterocycles. The molecule has 34 heavy (non-hydrogen) atoms. The van der Waals surface area contributed by atoms with Crippen molar-refractivity contribution in [1.29, 1.82) is 0 Å². The van der Waals surface area contributed by atoms with Gasteiger partial charge in [0, 0.05) is 25.4 Å². The van der Waals surface area contributed by atoms with Gasteiger partial charge in [-0.05, 0) is 53.4 Å². The number of benzene rings is 2. The first-order valence-electron chi connectivity index (χ1n) is 12.0. The Hall–Kier alpha value is -3.35. The van der Waals surface area contributed by atoms with Gasteiger partial charge in [-0.2, -0.15) is 0 Å². The molecule has 178 valence electrons. The molecule has 2 saturated heterocycles. The van der Waals surface area contributed by atoms with Crippen LogP contribution in [0.15, 0.2) is 48.5 Å². The van der Waals surface area contributed by atoms with Crippen molar-refractivity contribution in [1.82, 2.24) is 10.2 Å². The van der Waals surface area contributed by atoms with Crippen LogP contribution in [0.2, 0.25) is 0 Å². The van der Waals surface area contributed by atoms with Gasteiger partial charge in [0.05, 0.1) is 0 Å². The number of alkyl carbamates (subject to hydrolysis) is 1. The van der Waals surface area contributed by atoms with E-state index in [0.717, 1.165) is 0 Å². The van der Waals surface area contributed by atoms with Crippen molar-refractivity contribution in [2.45, 2.75) is 44.1 Å². The van der Waals surface area contributed by atoms with Crippen molar-refractivity contribution in [3.63, 3.8) is 0 Å². The normalized spacial score (nSPS) is 23.0. The predicted molar refractivity (Wildman–Crippen MR) is 126 cm³/mol. The van der Waals surface area contributed by atoms with Crippen molar-refractivity contribution in [2.24, 2.45) is 11.8 Å². The molecule has 0 radical (unpaired) electrons. The Morgan fingerprint density at radius 2 is 1.71 bits per heavy atom. The van der Waals surface area contributed by atoms with Gasteiger partial charge in [-0.15, -0.1) is 0 Å². The standard InChI is InChI=1S/C27H30N2O5/c1-17(10-11-24(30)29-15-18-12-27(29,13-18)25(31)32)14-28-26(33)34-16-23-21-8-4-2-6-19(21)20-7-3-5-9-22(20)23/h2-9,17-18,23H,10-16H2,1H3,(H,28,33)(H,31,32). The Morgan fingerprint density at radius 3 is 2.32 bits per heavy atom. The first-order chi connectivity index (χ1) is 16.4. The molecule has 1 saturated carbocycles. The molecular weight excluding hydrogens is 432 g/mol. The zero-order chi connectivity index (χ0) is 23.9. The summed E-state index contributed by atoms with van der Waals surface area (Å²) in [6.45, 7) is 3.18. The van der Waals surface area contributed by atoms with Crippen LogP contribution in [0, 0.1) is 11.8 Å². The lowest BCUT2D eigenvalue weighted by molar-refractivity contribution is -0.158. The molecule has 0 spiro atoms. The number of aliphatic carboxylic acids is 1. The maximum absolute atomic E-state index is 12.6. The number of nitrogens with zero attached hydrogens (tertiary/aromatic N) is 1. The zero-order valence-electron chi connectivity index (χ0n) is 19.3. The van der Waals surface area contributed by atoms with Crippen LogP contribution < -0.4 is 5.32 Å². The fraction of sp³-hybridized carbons (Fsp3) is 0.444. The van der Waals surface area contributed by atoms with Gasteiger partial charge in [-0.3, -0.25) is 4.79 Å². The molecule has 0 aromatic heterocycles. The summed E-state index contributed by atoms with van der Waals surface area (Å²) in [5.74, 6) is -0.577. The Bertz CT molecular complexity index is 1080. The van der Waals surface area contributed by atoms with Gasteiger partial charge < -0.3 is 20.1 Å². The lowest BCUT2D eigenvalue weighted by Crippen LogP contribution is -2.54. The highest BCUT2D eigenvalue weighted by Crippen LogP contribution is 2.51. The molecule has 7 heteroatoms. The Balaban J connectivity index is 1.08. The molecule has 2 N–H and O–H groups in total. The van der Waals surface area contributed by atoms with E-state index in [4.69, 9.17) is 4.74 Å². The van der Waals surface area contributed by atoms with E-state index >= 15 is 0 Å². The van der Waals surface area contributed by atoms with E-state index in [-0.39, 0.29) is 30.8 Å². The van der Waals surface area contributed by atoms with E-state index in [1.807, 2.05) is 31.2 Å². The van der Waals surface area contributed by atoms with Crippen LogP contribution in [0.1, 0.15) is 49.7 Å². The average molecular weight is 463 g/mol. The minimum absolute atomic E-state index is 0.0152. The van der Waals surface area contributed by atoms with E-state index in [2.05, 4.69) is 29.6 Å². The number of hydrogen-bond donors (Lipinski definition) is 2. The van der Waals surface area contributed by atoms with Gasteiger partial charge in [-0.1, -0.05) is 55.5 Å². The number of carbonyl (C=O) groups is 3. The van der Waals surface area contributed by atoms with E-state index in [1.54, 1.807) is 4.90 Å². The largest absolute Gasteiger partial charge is 0.479 e. The van der Waals surface area contributed by atoms with Gasteiger partial charge in [0.1, 0.15) is 12.1 Å². The lowest BCUT2D eigenvalue weighted by Gasteiger charge is -2.37. The third kappa shape index (κ3) is 3.83. The predicted octanol–water partition coefficient (Wildman–Crippen LogP) is 4.02. The van der Waals surface area contributed by atoms with Gasteiger partial charge in [0.25, 0.3) is 0 Å². The van der Waals surface area contributed by atoms with Crippen LogP contribution in [0.25, 0.3) is 11.1 Å². The quantitative estimate of drug-likeness (QED) is 0.618. The number of amides is 2. The Labute approximate surface area is 199 Å². The molecule has 4 aliphatic rings. The fourth-order valence-corrected chi connectivity index (χ4v) is 5.82. The Morgan fingerprint density at radius 1 is 1.09 bits per heavy atom. The highest BCUT2D eigenvalue weighted by molar-refractivity contribution is 5.89. The van der Waals surface area contributed by atoms with E-state index in [9.17, 15) is 19.5 Å². The molecule has 6 rings (SSSR count). The van der Waals surface area contributed by atoms with Gasteiger partial charge in [0.2, 0.25) is 5.91 Å². The van der Waals surface area contributed by atoms with E-state index < -0.39 is 17.6 Å². The minimum Gasteiger partial charge on any atom is -0.479 e. The minimum atomic E-state index is -0.968. The van der Waals surface area contributed by atoms with Gasteiger partial charge in [-0.25, -0.2) is 9.59 Å². The van der Waals surface area contributed by atoms with Crippen molar-refractivity contribution >= 4 is 18.0 Å². The second kappa shape index (κ2) is 8.78. The highest BCUT2D eigenvalue weighted by atomic mass is 16.5. The number of rotatable bonds is 8. The van der Waals surface area contributed by atoms with Crippen molar-refractivity contribution in [3.05, 3.63) is 59.7 Å². The summed E-state index contributed by atoms with van der Waals surface area (Å²) in [6.07, 6.45) is 1.56. The summed E-state index contributed by atoms with van der Waals surface area (Å²) < 4.78 is 5.57. The van der Waals surface area contributed by atoms with Gasteiger partial charge >= 0.3 is 12.1 Å². The number of fused-ring (bicyclic) bond motifs is 4. The molecule has 3 fully saturated rings. The lowest BCUT2D eigenvalue weighted by atomic mass is 9.73. The molecule has 7 nitrogen and oxygen atoms in total. The third-order valence-electron chi connectivity index (χ3n) is 7.70. The van der Waals surface area contributed by atoms with Crippen LogP contribution in [0.3, 0.4) is 0 Å².